The molecule has 9 nitrogen and oxygen atoms in total. The largest absolute Gasteiger partial charge is 0.321 e. The maximum absolute atomic E-state index is 13.9. The van der Waals surface area contributed by atoms with Gasteiger partial charge in [-0.3, -0.25) is 14.6 Å². The van der Waals surface area contributed by atoms with Gasteiger partial charge in [0.05, 0.1) is 16.8 Å². The number of carbonyl (C=O) groups is 1. The number of sulfonamides is 1. The van der Waals surface area contributed by atoms with E-state index in [-0.39, 0.29) is 22.0 Å². The highest BCUT2D eigenvalue weighted by atomic mass is 32.2. The first-order valence-corrected chi connectivity index (χ1v) is 10.2. The fourth-order valence-corrected chi connectivity index (χ4v) is 3.81. The van der Waals surface area contributed by atoms with Crippen molar-refractivity contribution in [3.8, 4) is 5.69 Å². The number of carbonyl (C=O) groups excluding carboxylic acids is 1. The van der Waals surface area contributed by atoms with Crippen molar-refractivity contribution in [1.82, 2.24) is 20.0 Å². The lowest BCUT2D eigenvalue weighted by Crippen LogP contribution is -2.15. The number of aromatic nitrogens is 4. The van der Waals surface area contributed by atoms with Gasteiger partial charge in [-0.2, -0.15) is 10.2 Å². The third-order valence-corrected chi connectivity index (χ3v) is 5.52. The van der Waals surface area contributed by atoms with E-state index < -0.39 is 33.3 Å². The van der Waals surface area contributed by atoms with Crippen LogP contribution in [0, 0.1) is 11.6 Å². The molecule has 0 radical (unpaired) electrons. The molecule has 3 N–H and O–H groups in total. The van der Waals surface area contributed by atoms with Crippen molar-refractivity contribution in [3.63, 3.8) is 0 Å². The van der Waals surface area contributed by atoms with Gasteiger partial charge in [-0.05, 0) is 36.4 Å². The first-order chi connectivity index (χ1) is 14.8. The number of para-hydroxylation sites is 1. The molecule has 158 valence electrons. The molecule has 2 aromatic heterocycles. The number of hydrogen-bond acceptors (Lipinski definition) is 5. The maximum Gasteiger partial charge on any atom is 0.276 e. The average Bonchev–Trinajstić information content (AvgIpc) is 3.40. The van der Waals surface area contributed by atoms with E-state index in [1.165, 1.54) is 55.0 Å². The first kappa shape index (κ1) is 20.2. The zero-order chi connectivity index (χ0) is 22.0. The monoisotopic (exact) mass is 444 g/mol. The summed E-state index contributed by atoms with van der Waals surface area (Å²) in [5.41, 5.74) is -0.0977. The Balaban J connectivity index is 1.53. The van der Waals surface area contributed by atoms with Crippen LogP contribution in [0.1, 0.15) is 10.5 Å². The highest BCUT2D eigenvalue weighted by molar-refractivity contribution is 7.92. The Bertz CT molecular complexity index is 1330. The van der Waals surface area contributed by atoms with Gasteiger partial charge < -0.3 is 5.32 Å². The van der Waals surface area contributed by atoms with Gasteiger partial charge in [0.2, 0.25) is 0 Å². The van der Waals surface area contributed by atoms with E-state index in [0.29, 0.717) is 0 Å². The summed E-state index contributed by atoms with van der Waals surface area (Å²) >= 11 is 0. The van der Waals surface area contributed by atoms with Gasteiger partial charge >= 0.3 is 0 Å². The molecule has 0 atom stereocenters. The van der Waals surface area contributed by atoms with E-state index in [2.05, 4.69) is 25.3 Å². The Morgan fingerprint density at radius 1 is 1.03 bits per heavy atom. The molecule has 12 heteroatoms. The number of nitrogens with one attached hydrogen (secondary N) is 3. The van der Waals surface area contributed by atoms with E-state index >= 15 is 0 Å². The van der Waals surface area contributed by atoms with Crippen LogP contribution in [0.4, 0.5) is 20.2 Å². The summed E-state index contributed by atoms with van der Waals surface area (Å²) < 4.78 is 56.0. The predicted molar refractivity (Wildman–Crippen MR) is 107 cm³/mol. The first-order valence-electron chi connectivity index (χ1n) is 8.76. The molecule has 0 unspecified atom stereocenters. The number of hydrogen-bond donors (Lipinski definition) is 3. The van der Waals surface area contributed by atoms with Crippen LogP contribution in [0.15, 0.2) is 72.0 Å². The molecule has 2 aromatic carbocycles. The molecule has 0 aliphatic rings. The van der Waals surface area contributed by atoms with Crippen molar-refractivity contribution in [2.24, 2.45) is 0 Å². The molecule has 4 aromatic rings. The number of amides is 1. The van der Waals surface area contributed by atoms with Crippen molar-refractivity contribution in [2.45, 2.75) is 4.90 Å². The maximum atomic E-state index is 13.9. The van der Waals surface area contributed by atoms with Gasteiger partial charge in [-0.25, -0.2) is 21.9 Å². The summed E-state index contributed by atoms with van der Waals surface area (Å²) in [6.45, 7) is 0. The molecule has 0 bridgehead atoms. The van der Waals surface area contributed by atoms with Crippen LogP contribution < -0.4 is 10.0 Å². The molecule has 0 aliphatic carbocycles. The average molecular weight is 444 g/mol. The normalized spacial score (nSPS) is 11.3. The fraction of sp³-hybridized carbons (Fsp3) is 0. The molecule has 1 amide bonds. The number of H-pyrrole nitrogens is 1. The molecule has 0 saturated heterocycles. The molecule has 0 aliphatic heterocycles. The Hall–Kier alpha value is -4.06. The van der Waals surface area contributed by atoms with Crippen LogP contribution in [0.2, 0.25) is 0 Å². The van der Waals surface area contributed by atoms with Crippen molar-refractivity contribution < 1.29 is 22.0 Å². The van der Waals surface area contributed by atoms with Gasteiger partial charge in [0.15, 0.2) is 17.3 Å². The summed E-state index contributed by atoms with van der Waals surface area (Å²) in [6.07, 6.45) is 3.92. The second-order valence-electron chi connectivity index (χ2n) is 6.29. The van der Waals surface area contributed by atoms with Crippen LogP contribution in [-0.2, 0) is 10.0 Å². The topological polar surface area (TPSA) is 122 Å². The van der Waals surface area contributed by atoms with Crippen LogP contribution in [0.5, 0.6) is 0 Å². The number of aromatic amines is 1. The van der Waals surface area contributed by atoms with Crippen molar-refractivity contribution >= 4 is 27.3 Å². The quantitative estimate of drug-likeness (QED) is 0.422. The van der Waals surface area contributed by atoms with Gasteiger partial charge in [0, 0.05) is 18.1 Å². The van der Waals surface area contributed by atoms with Crippen LogP contribution >= 0.6 is 0 Å². The van der Waals surface area contributed by atoms with Gasteiger partial charge in [-0.1, -0.05) is 12.1 Å². The molecule has 2 heterocycles. The van der Waals surface area contributed by atoms with E-state index in [4.69, 9.17) is 0 Å². The molecule has 31 heavy (non-hydrogen) atoms. The zero-order valence-corrected chi connectivity index (χ0v) is 16.4. The van der Waals surface area contributed by atoms with Gasteiger partial charge in [0.1, 0.15) is 5.69 Å². The molecular formula is C19H14F2N6O3S. The Morgan fingerprint density at radius 3 is 2.48 bits per heavy atom. The van der Waals surface area contributed by atoms with E-state index in [9.17, 15) is 22.0 Å². The third-order valence-electron chi connectivity index (χ3n) is 4.14. The number of rotatable bonds is 6. The molecule has 4 rings (SSSR count). The Kier molecular flexibility index (Phi) is 5.21. The van der Waals surface area contributed by atoms with Crippen molar-refractivity contribution in [2.75, 3.05) is 10.0 Å². The van der Waals surface area contributed by atoms with E-state index in [1.807, 2.05) is 0 Å². The van der Waals surface area contributed by atoms with Gasteiger partial charge in [-0.15, -0.1) is 0 Å². The zero-order valence-electron chi connectivity index (χ0n) is 15.6. The molecule has 0 fully saturated rings. The summed E-state index contributed by atoms with van der Waals surface area (Å²) in [7, 11) is -3.91. The number of halogens is 2. The second-order valence-corrected chi connectivity index (χ2v) is 7.97. The van der Waals surface area contributed by atoms with Gasteiger partial charge in [0.25, 0.3) is 15.9 Å². The smallest absolute Gasteiger partial charge is 0.276 e. The predicted octanol–water partition coefficient (Wildman–Crippen LogP) is 2.93. The standard InChI is InChI=1S/C19H14F2N6O3S/c20-15-5-2-6-16(21)18(15)27-8-7-17(25-27)19(28)24-12-3-1-4-14(9-12)31(29,30)26-13-10-22-23-11-13/h1-11,26H,(H,22,23)(H,24,28). The second kappa shape index (κ2) is 7.99. The number of nitrogens with zero attached hydrogens (tertiary/aromatic N) is 3. The lowest BCUT2D eigenvalue weighted by Gasteiger charge is -2.08. The minimum atomic E-state index is -3.91. The number of benzene rings is 2. The fourth-order valence-electron chi connectivity index (χ4n) is 2.73. The number of anilines is 2. The highest BCUT2D eigenvalue weighted by Gasteiger charge is 2.18. The summed E-state index contributed by atoms with van der Waals surface area (Å²) in [5, 5.41) is 12.6. The van der Waals surface area contributed by atoms with Crippen LogP contribution in [-0.4, -0.2) is 34.3 Å². The lowest BCUT2D eigenvalue weighted by atomic mass is 10.3. The van der Waals surface area contributed by atoms with E-state index in [0.717, 1.165) is 16.8 Å². The lowest BCUT2D eigenvalue weighted by molar-refractivity contribution is 0.102. The Morgan fingerprint density at radius 2 is 1.77 bits per heavy atom. The summed E-state index contributed by atoms with van der Waals surface area (Å²) in [4.78, 5) is 12.4. The van der Waals surface area contributed by atoms with Crippen LogP contribution in [0.3, 0.4) is 0 Å². The molecule has 0 saturated carbocycles. The minimum absolute atomic E-state index is 0.0922. The van der Waals surface area contributed by atoms with Crippen LogP contribution in [0.25, 0.3) is 5.69 Å². The molecular weight excluding hydrogens is 430 g/mol. The highest BCUT2D eigenvalue weighted by Crippen LogP contribution is 2.20. The molecule has 0 spiro atoms. The SMILES string of the molecule is O=C(Nc1cccc(S(=O)(=O)Nc2cn[nH]c2)c1)c1ccn(-c2c(F)cccc2F)n1. The van der Waals surface area contributed by atoms with Crippen molar-refractivity contribution in [3.05, 3.63) is 84.4 Å². The Labute approximate surface area is 174 Å². The summed E-state index contributed by atoms with van der Waals surface area (Å²) in [5.74, 6) is -2.36. The minimum Gasteiger partial charge on any atom is -0.321 e. The van der Waals surface area contributed by atoms with E-state index in [1.54, 1.807) is 0 Å². The summed E-state index contributed by atoms with van der Waals surface area (Å²) in [6, 6.07) is 10.2. The third kappa shape index (κ3) is 4.28. The van der Waals surface area contributed by atoms with Crippen molar-refractivity contribution in [1.29, 1.82) is 0 Å².